The first kappa shape index (κ1) is 57.7. The molecule has 76 heavy (non-hydrogen) atoms. The average Bonchev–Trinajstić information content (AvgIpc) is 3.95. The van der Waals surface area contributed by atoms with E-state index in [1.54, 1.807) is 24.3 Å². The molecule has 2 saturated heterocycles. The molecule has 0 bridgehead atoms. The summed E-state index contributed by atoms with van der Waals surface area (Å²) in [6.45, 7) is 9.13. The van der Waals surface area contributed by atoms with Crippen molar-refractivity contribution in [3.05, 3.63) is 108 Å². The third kappa shape index (κ3) is 16.5. The van der Waals surface area contributed by atoms with Gasteiger partial charge in [-0.15, -0.1) is 0 Å². The summed E-state index contributed by atoms with van der Waals surface area (Å²) in [5.41, 5.74) is 2.59. The first-order valence-electron chi connectivity index (χ1n) is 24.9. The summed E-state index contributed by atoms with van der Waals surface area (Å²) in [5.74, 6) is -8.78. The van der Waals surface area contributed by atoms with E-state index >= 15 is 0 Å². The fourth-order valence-electron chi connectivity index (χ4n) is 8.16. The summed E-state index contributed by atoms with van der Waals surface area (Å²) < 4.78 is 32.7. The molecule has 8 atom stereocenters. The van der Waals surface area contributed by atoms with Crippen LogP contribution in [0.2, 0.25) is 0 Å². The number of nitrogens with zero attached hydrogens (tertiary/aromatic N) is 2. The lowest BCUT2D eigenvalue weighted by atomic mass is 9.74. The molecule has 402 valence electrons. The van der Waals surface area contributed by atoms with Crippen LogP contribution in [-0.4, -0.2) is 144 Å². The molecule has 0 radical (unpaired) electrons. The highest BCUT2D eigenvalue weighted by Crippen LogP contribution is 2.23. The summed E-state index contributed by atoms with van der Waals surface area (Å²) in [5, 5.41) is 31.6. The highest BCUT2D eigenvalue weighted by Gasteiger charge is 2.49. The minimum atomic E-state index is -1.45. The number of pyridine rings is 2. The van der Waals surface area contributed by atoms with Crippen molar-refractivity contribution in [1.82, 2.24) is 31.2 Å². The number of nitrogens with one attached hydrogen (secondary N) is 4. The van der Waals surface area contributed by atoms with Crippen LogP contribution < -0.4 is 21.3 Å². The number of rotatable bonds is 25. The molecule has 6 N–H and O–H groups in total. The number of hydrogen-bond acceptors (Lipinski definition) is 18. The van der Waals surface area contributed by atoms with Gasteiger partial charge in [0.05, 0.1) is 48.3 Å². The number of aliphatic hydroxyl groups is 2. The lowest BCUT2D eigenvalue weighted by Gasteiger charge is -2.26. The van der Waals surface area contributed by atoms with Crippen molar-refractivity contribution in [3.63, 3.8) is 0 Å². The fraction of sp³-hybridized carbons (Fsp3) is 0.423. The van der Waals surface area contributed by atoms with Crippen molar-refractivity contribution in [3.8, 4) is 22.5 Å². The molecule has 2 aromatic carbocycles. The number of aromatic nitrogens is 2. The van der Waals surface area contributed by atoms with Gasteiger partial charge in [-0.05, 0) is 62.8 Å². The summed E-state index contributed by atoms with van der Waals surface area (Å²) >= 11 is 0. The number of carbonyl (C=O) groups is 8. The SMILES string of the molecule is CC(C)CC(NC(=O)C(NC(=O)c1cccc(-c2ccccc2)n1)C(C)O)B1OC(=O)[C@H](CC(=O)OCCOC(=O)C[C@@H]2OB(C(CC(C)C)NC(=O)C(NC(=O)c3cccc(-c4ccccc4)n3)C(C)O)OC2=O)O1. The Morgan fingerprint density at radius 2 is 0.908 bits per heavy atom. The van der Waals surface area contributed by atoms with E-state index in [0.717, 1.165) is 11.1 Å². The number of ether oxygens (including phenoxy) is 2. The quantitative estimate of drug-likeness (QED) is 0.0315. The van der Waals surface area contributed by atoms with Gasteiger partial charge in [-0.1, -0.05) is 100 Å². The molecule has 0 aliphatic carbocycles. The van der Waals surface area contributed by atoms with Gasteiger partial charge in [-0.2, -0.15) is 0 Å². The molecule has 4 heterocycles. The Labute approximate surface area is 440 Å². The van der Waals surface area contributed by atoms with Gasteiger partial charge in [0.15, 0.2) is 12.2 Å². The lowest BCUT2D eigenvalue weighted by molar-refractivity contribution is -0.156. The molecule has 2 aromatic heterocycles. The van der Waals surface area contributed by atoms with Crippen LogP contribution in [0.25, 0.3) is 22.5 Å². The summed E-state index contributed by atoms with van der Waals surface area (Å²) in [6, 6.07) is 25.1. The van der Waals surface area contributed by atoms with Gasteiger partial charge in [-0.3, -0.25) is 38.4 Å². The Hall–Kier alpha value is -7.53. The van der Waals surface area contributed by atoms with E-state index in [2.05, 4.69) is 31.2 Å². The smallest absolute Gasteiger partial charge is 0.506 e. The predicted octanol–water partition coefficient (Wildman–Crippen LogP) is 2.34. The van der Waals surface area contributed by atoms with Crippen LogP contribution in [0.1, 0.15) is 88.2 Å². The minimum absolute atomic E-state index is 0.00530. The molecule has 0 spiro atoms. The minimum Gasteiger partial charge on any atom is -0.506 e. The van der Waals surface area contributed by atoms with E-state index in [1.807, 2.05) is 88.4 Å². The van der Waals surface area contributed by atoms with Crippen molar-refractivity contribution in [1.29, 1.82) is 0 Å². The monoisotopic (exact) mass is 1050 g/mol. The zero-order valence-electron chi connectivity index (χ0n) is 42.9. The second kappa shape index (κ2) is 27.3. The summed E-state index contributed by atoms with van der Waals surface area (Å²) in [7, 11) is -2.70. The molecule has 2 fully saturated rings. The van der Waals surface area contributed by atoms with Crippen LogP contribution in [0, 0.1) is 11.8 Å². The normalized spacial score (nSPS) is 17.6. The molecule has 22 nitrogen and oxygen atoms in total. The largest absolute Gasteiger partial charge is 0.552 e. The predicted molar refractivity (Wildman–Crippen MR) is 273 cm³/mol. The third-order valence-corrected chi connectivity index (χ3v) is 11.9. The van der Waals surface area contributed by atoms with Gasteiger partial charge < -0.3 is 59.6 Å². The van der Waals surface area contributed by atoms with E-state index in [4.69, 9.17) is 28.1 Å². The van der Waals surface area contributed by atoms with Crippen LogP contribution in [0.15, 0.2) is 97.1 Å². The molecule has 4 aromatic rings. The van der Waals surface area contributed by atoms with Gasteiger partial charge >= 0.3 is 38.1 Å². The van der Waals surface area contributed by atoms with Crippen LogP contribution in [-0.2, 0) is 56.9 Å². The van der Waals surface area contributed by atoms with Gasteiger partial charge in [0.25, 0.3) is 11.8 Å². The van der Waals surface area contributed by atoms with E-state index in [9.17, 15) is 48.6 Å². The number of amides is 4. The standard InChI is InChI=1S/C52H62B2N6O16/c1-29(2)25-41(57-49(67)45(31(5)61)59-47(65)37-21-13-19-35(55-37)33-15-9-7-10-16-33)53-73-39(51(69)75-53)27-43(63)71-23-24-72-44(64)28-40-52(70)76-54(74-40)42(26-30(3)4)58-50(68)46(32(6)62)60-48(66)38-22-14-20-36(56-38)34-17-11-8-12-18-34/h7-22,29-32,39-42,45-46,61-62H,23-28H2,1-6H3,(H,57,67)(H,58,68)(H,59,65)(H,60,66)/t31?,32?,39-,40-,41?,42?,45?,46?/m0/s1. The van der Waals surface area contributed by atoms with E-state index in [0.29, 0.717) is 11.4 Å². The third-order valence-electron chi connectivity index (χ3n) is 11.9. The number of benzene rings is 2. The summed E-state index contributed by atoms with van der Waals surface area (Å²) in [6.07, 6.45) is -6.34. The van der Waals surface area contributed by atoms with E-state index < -0.39 is 136 Å². The number of hydrogen-bond donors (Lipinski definition) is 6. The average molecular weight is 1050 g/mol. The van der Waals surface area contributed by atoms with Crippen molar-refractivity contribution in [2.45, 2.75) is 116 Å². The maximum Gasteiger partial charge on any atom is 0.552 e. The molecule has 6 unspecified atom stereocenters. The molecule has 6 rings (SSSR count). The second-order valence-electron chi connectivity index (χ2n) is 19.1. The van der Waals surface area contributed by atoms with E-state index in [-0.39, 0.29) is 36.1 Å². The van der Waals surface area contributed by atoms with E-state index in [1.165, 1.54) is 26.0 Å². The van der Waals surface area contributed by atoms with Crippen molar-refractivity contribution < 1.29 is 76.7 Å². The lowest BCUT2D eigenvalue weighted by Crippen LogP contribution is -2.57. The fourth-order valence-corrected chi connectivity index (χ4v) is 8.16. The Kier molecular flexibility index (Phi) is 20.8. The molecular weight excluding hydrogens is 986 g/mol. The molecular formula is C52H62B2N6O16. The maximum absolute atomic E-state index is 13.6. The topological polar surface area (TPSA) is 306 Å². The number of carbonyl (C=O) groups excluding carboxylic acids is 8. The van der Waals surface area contributed by atoms with Gasteiger partial charge in [-0.25, -0.2) is 9.97 Å². The molecule has 24 heteroatoms. The first-order chi connectivity index (χ1) is 36.3. The van der Waals surface area contributed by atoms with Gasteiger partial charge in [0, 0.05) is 11.1 Å². The zero-order chi connectivity index (χ0) is 55.1. The molecule has 4 amide bonds. The molecule has 0 saturated carbocycles. The van der Waals surface area contributed by atoms with Crippen LogP contribution >= 0.6 is 0 Å². The molecule has 2 aliphatic heterocycles. The summed E-state index contributed by atoms with van der Waals surface area (Å²) in [4.78, 5) is 114. The van der Waals surface area contributed by atoms with Crippen LogP contribution in [0.5, 0.6) is 0 Å². The van der Waals surface area contributed by atoms with Crippen molar-refractivity contribution in [2.24, 2.45) is 11.8 Å². The maximum atomic E-state index is 13.6. The Bertz CT molecular complexity index is 2500. The van der Waals surface area contributed by atoms with Gasteiger partial charge in [0.2, 0.25) is 11.8 Å². The first-order valence-corrected chi connectivity index (χ1v) is 24.9. The Balaban J connectivity index is 0.944. The highest BCUT2D eigenvalue weighted by atomic mass is 16.7. The van der Waals surface area contributed by atoms with Gasteiger partial charge in [0.1, 0.15) is 36.7 Å². The Morgan fingerprint density at radius 1 is 0.539 bits per heavy atom. The molecule has 2 aliphatic rings. The number of aliphatic hydroxyl groups excluding tert-OH is 2. The van der Waals surface area contributed by atoms with Crippen molar-refractivity contribution in [2.75, 3.05) is 13.2 Å². The zero-order valence-corrected chi connectivity index (χ0v) is 42.9. The second-order valence-corrected chi connectivity index (χ2v) is 19.1. The Morgan fingerprint density at radius 3 is 1.25 bits per heavy atom. The highest BCUT2D eigenvalue weighted by molar-refractivity contribution is 6.52. The van der Waals surface area contributed by atoms with Crippen LogP contribution in [0.4, 0.5) is 0 Å². The van der Waals surface area contributed by atoms with Crippen molar-refractivity contribution >= 4 is 61.7 Å². The number of esters is 2. The van der Waals surface area contributed by atoms with Crippen LogP contribution in [0.3, 0.4) is 0 Å².